The second-order valence-corrected chi connectivity index (χ2v) is 6.53. The zero-order chi connectivity index (χ0) is 14.0. The monoisotopic (exact) mass is 267 g/mol. The molecule has 2 saturated heterocycles. The minimum atomic E-state index is 0.0487. The molecule has 2 aliphatic heterocycles. The van der Waals surface area contributed by atoms with Gasteiger partial charge >= 0.3 is 0 Å². The summed E-state index contributed by atoms with van der Waals surface area (Å²) in [5.74, 6) is 1.41. The van der Waals surface area contributed by atoms with Gasteiger partial charge in [-0.1, -0.05) is 20.3 Å². The fourth-order valence-electron chi connectivity index (χ4n) is 3.20. The van der Waals surface area contributed by atoms with Crippen molar-refractivity contribution in [2.75, 3.05) is 26.3 Å². The second-order valence-electron chi connectivity index (χ2n) is 6.53. The van der Waals surface area contributed by atoms with Crippen molar-refractivity contribution in [3.8, 4) is 0 Å². The van der Waals surface area contributed by atoms with Gasteiger partial charge in [-0.2, -0.15) is 0 Å². The number of rotatable bonds is 5. The van der Waals surface area contributed by atoms with Gasteiger partial charge in [0.2, 0.25) is 5.91 Å². The van der Waals surface area contributed by atoms with Crippen LogP contribution in [-0.4, -0.2) is 54.1 Å². The van der Waals surface area contributed by atoms with Gasteiger partial charge in [0.05, 0.1) is 12.7 Å². The van der Waals surface area contributed by atoms with E-state index < -0.39 is 0 Å². The molecule has 0 bridgehead atoms. The summed E-state index contributed by atoms with van der Waals surface area (Å²) in [6, 6.07) is 0.679. The third-order valence-corrected chi connectivity index (χ3v) is 4.82. The Morgan fingerprint density at radius 3 is 2.68 bits per heavy atom. The van der Waals surface area contributed by atoms with Crippen molar-refractivity contribution in [1.82, 2.24) is 15.1 Å². The molecular weight excluding hydrogens is 238 g/mol. The Balaban J connectivity index is 1.83. The van der Waals surface area contributed by atoms with Gasteiger partial charge in [-0.15, -0.1) is 0 Å². The van der Waals surface area contributed by atoms with E-state index in [9.17, 15) is 4.79 Å². The summed E-state index contributed by atoms with van der Waals surface area (Å²) in [6.07, 6.45) is 2.29. The van der Waals surface area contributed by atoms with Crippen molar-refractivity contribution >= 4 is 5.91 Å². The highest BCUT2D eigenvalue weighted by molar-refractivity contribution is 5.84. The summed E-state index contributed by atoms with van der Waals surface area (Å²) in [5, 5.41) is 3.38. The van der Waals surface area contributed by atoms with Gasteiger partial charge in [-0.3, -0.25) is 10.1 Å². The van der Waals surface area contributed by atoms with E-state index in [1.165, 1.54) is 13.0 Å². The lowest BCUT2D eigenvalue weighted by atomic mass is 9.99. The SMILES string of the molecule is CCC(C)C1NCN(CC2CCN(C(C)C)C2)C1=O. The zero-order valence-corrected chi connectivity index (χ0v) is 12.9. The van der Waals surface area contributed by atoms with Gasteiger partial charge in [0, 0.05) is 19.1 Å². The Labute approximate surface area is 117 Å². The molecule has 3 atom stereocenters. The Morgan fingerprint density at radius 1 is 1.37 bits per heavy atom. The first-order chi connectivity index (χ1) is 9.02. The van der Waals surface area contributed by atoms with Crippen molar-refractivity contribution in [1.29, 1.82) is 0 Å². The van der Waals surface area contributed by atoms with Crippen molar-refractivity contribution in [2.45, 2.75) is 52.6 Å². The summed E-state index contributed by atoms with van der Waals surface area (Å²) in [7, 11) is 0. The third kappa shape index (κ3) is 3.29. The summed E-state index contributed by atoms with van der Waals surface area (Å²) < 4.78 is 0. The molecule has 1 amide bonds. The fraction of sp³-hybridized carbons (Fsp3) is 0.933. The molecule has 4 heteroatoms. The second kappa shape index (κ2) is 6.23. The smallest absolute Gasteiger partial charge is 0.241 e. The Kier molecular flexibility index (Phi) is 4.85. The molecule has 0 spiro atoms. The quantitative estimate of drug-likeness (QED) is 0.820. The molecule has 2 aliphatic rings. The van der Waals surface area contributed by atoms with E-state index in [1.807, 2.05) is 4.90 Å². The average molecular weight is 267 g/mol. The minimum Gasteiger partial charge on any atom is -0.328 e. The molecule has 2 fully saturated rings. The Hall–Kier alpha value is -0.610. The van der Waals surface area contributed by atoms with Crippen molar-refractivity contribution < 1.29 is 4.79 Å². The van der Waals surface area contributed by atoms with Crippen LogP contribution in [0.15, 0.2) is 0 Å². The van der Waals surface area contributed by atoms with Crippen LogP contribution in [0.2, 0.25) is 0 Å². The predicted octanol–water partition coefficient (Wildman–Crippen LogP) is 1.52. The van der Waals surface area contributed by atoms with Crippen LogP contribution in [-0.2, 0) is 4.79 Å². The number of carbonyl (C=O) groups excluding carboxylic acids is 1. The Morgan fingerprint density at radius 2 is 2.11 bits per heavy atom. The van der Waals surface area contributed by atoms with Crippen LogP contribution in [0.25, 0.3) is 0 Å². The lowest BCUT2D eigenvalue weighted by Crippen LogP contribution is -2.38. The minimum absolute atomic E-state index is 0.0487. The predicted molar refractivity (Wildman–Crippen MR) is 77.8 cm³/mol. The molecule has 19 heavy (non-hydrogen) atoms. The van der Waals surface area contributed by atoms with E-state index in [1.54, 1.807) is 0 Å². The lowest BCUT2D eigenvalue weighted by molar-refractivity contribution is -0.130. The van der Waals surface area contributed by atoms with E-state index in [0.717, 1.165) is 26.2 Å². The topological polar surface area (TPSA) is 35.6 Å². The first-order valence-corrected chi connectivity index (χ1v) is 7.79. The third-order valence-electron chi connectivity index (χ3n) is 4.82. The van der Waals surface area contributed by atoms with Crippen LogP contribution in [0.5, 0.6) is 0 Å². The van der Waals surface area contributed by atoms with Crippen molar-refractivity contribution in [3.05, 3.63) is 0 Å². The summed E-state index contributed by atoms with van der Waals surface area (Å²) in [6.45, 7) is 12.8. The number of carbonyl (C=O) groups is 1. The molecule has 0 saturated carbocycles. The highest BCUT2D eigenvalue weighted by Gasteiger charge is 2.36. The maximum atomic E-state index is 12.4. The van der Waals surface area contributed by atoms with Gasteiger partial charge in [-0.05, 0) is 38.6 Å². The highest BCUT2D eigenvalue weighted by atomic mass is 16.2. The molecule has 4 nitrogen and oxygen atoms in total. The van der Waals surface area contributed by atoms with Gasteiger partial charge in [-0.25, -0.2) is 0 Å². The number of nitrogens with zero attached hydrogens (tertiary/aromatic N) is 2. The summed E-state index contributed by atoms with van der Waals surface area (Å²) in [4.78, 5) is 16.9. The molecule has 0 aromatic heterocycles. The summed E-state index contributed by atoms with van der Waals surface area (Å²) in [5.41, 5.74) is 0. The first kappa shape index (κ1) is 14.8. The van der Waals surface area contributed by atoms with Gasteiger partial charge in [0.1, 0.15) is 0 Å². The molecule has 0 aliphatic carbocycles. The van der Waals surface area contributed by atoms with Crippen molar-refractivity contribution in [3.63, 3.8) is 0 Å². The molecule has 0 aromatic rings. The number of hydrogen-bond acceptors (Lipinski definition) is 3. The average Bonchev–Trinajstić information content (AvgIpc) is 2.98. The standard InChI is InChI=1S/C15H29N3O/c1-5-12(4)14-15(19)18(10-16-14)9-13-6-7-17(8-13)11(2)3/h11-14,16H,5-10H2,1-4H3. The van der Waals surface area contributed by atoms with Gasteiger partial charge in [0.25, 0.3) is 0 Å². The number of likely N-dealkylation sites (tertiary alicyclic amines) is 1. The molecule has 0 radical (unpaired) electrons. The van der Waals surface area contributed by atoms with E-state index >= 15 is 0 Å². The summed E-state index contributed by atoms with van der Waals surface area (Å²) >= 11 is 0. The van der Waals surface area contributed by atoms with E-state index in [-0.39, 0.29) is 6.04 Å². The van der Waals surface area contributed by atoms with Crippen LogP contribution >= 0.6 is 0 Å². The van der Waals surface area contributed by atoms with Crippen LogP contribution in [0.3, 0.4) is 0 Å². The van der Waals surface area contributed by atoms with Gasteiger partial charge < -0.3 is 9.80 Å². The zero-order valence-electron chi connectivity index (χ0n) is 12.9. The van der Waals surface area contributed by atoms with E-state index in [4.69, 9.17) is 0 Å². The molecule has 110 valence electrons. The first-order valence-electron chi connectivity index (χ1n) is 7.79. The molecule has 2 heterocycles. The van der Waals surface area contributed by atoms with E-state index in [0.29, 0.717) is 23.8 Å². The van der Waals surface area contributed by atoms with E-state index in [2.05, 4.69) is 37.9 Å². The van der Waals surface area contributed by atoms with Crippen LogP contribution in [0, 0.1) is 11.8 Å². The fourth-order valence-corrected chi connectivity index (χ4v) is 3.20. The number of amides is 1. The van der Waals surface area contributed by atoms with Gasteiger partial charge in [0.15, 0.2) is 0 Å². The molecule has 1 N–H and O–H groups in total. The van der Waals surface area contributed by atoms with Crippen LogP contribution in [0.4, 0.5) is 0 Å². The lowest BCUT2D eigenvalue weighted by Gasteiger charge is -2.23. The largest absolute Gasteiger partial charge is 0.328 e. The van der Waals surface area contributed by atoms with Crippen molar-refractivity contribution in [2.24, 2.45) is 11.8 Å². The molecule has 0 aromatic carbocycles. The Bertz CT molecular complexity index is 319. The molecular formula is C15H29N3O. The molecule has 3 unspecified atom stereocenters. The van der Waals surface area contributed by atoms with Crippen LogP contribution in [0.1, 0.15) is 40.5 Å². The number of hydrogen-bond donors (Lipinski definition) is 1. The normalized spacial score (nSPS) is 30.6. The highest BCUT2D eigenvalue weighted by Crippen LogP contribution is 2.22. The van der Waals surface area contributed by atoms with Crippen LogP contribution < -0.4 is 5.32 Å². The number of nitrogens with one attached hydrogen (secondary N) is 1. The maximum absolute atomic E-state index is 12.4. The maximum Gasteiger partial charge on any atom is 0.241 e. The molecule has 2 rings (SSSR count).